The van der Waals surface area contributed by atoms with E-state index in [-0.39, 0.29) is 5.56 Å². The SMILES string of the molecule is Cc1cc(-c2ncc(CNc3nnc4cc(-c5ccn[nH]c5=O)ncn34)cc2C)ccn1. The Morgan fingerprint density at radius 2 is 1.94 bits per heavy atom. The molecule has 0 saturated carbocycles. The first-order valence-electron chi connectivity index (χ1n) is 9.96. The van der Waals surface area contributed by atoms with E-state index in [4.69, 9.17) is 0 Å². The van der Waals surface area contributed by atoms with Crippen molar-refractivity contribution >= 4 is 11.6 Å². The third kappa shape index (κ3) is 3.69. The number of anilines is 1. The molecule has 0 unspecified atom stereocenters. The Morgan fingerprint density at radius 3 is 2.75 bits per heavy atom. The van der Waals surface area contributed by atoms with Crippen molar-refractivity contribution in [2.75, 3.05) is 5.32 Å². The minimum atomic E-state index is -0.310. The fourth-order valence-corrected chi connectivity index (χ4v) is 3.51. The summed E-state index contributed by atoms with van der Waals surface area (Å²) in [5.74, 6) is 0.550. The van der Waals surface area contributed by atoms with E-state index in [9.17, 15) is 4.79 Å². The molecule has 0 aliphatic heterocycles. The predicted octanol–water partition coefficient (Wildman–Crippen LogP) is 2.56. The Labute approximate surface area is 182 Å². The third-order valence-corrected chi connectivity index (χ3v) is 5.06. The second-order valence-corrected chi connectivity index (χ2v) is 7.37. The van der Waals surface area contributed by atoms with Crippen molar-refractivity contribution in [2.45, 2.75) is 20.4 Å². The molecule has 158 valence electrons. The van der Waals surface area contributed by atoms with Crippen molar-refractivity contribution in [1.29, 1.82) is 0 Å². The third-order valence-electron chi connectivity index (χ3n) is 5.06. The summed E-state index contributed by atoms with van der Waals surface area (Å²) in [5, 5.41) is 17.8. The highest BCUT2D eigenvalue weighted by atomic mass is 16.1. The number of pyridine rings is 2. The van der Waals surface area contributed by atoms with E-state index >= 15 is 0 Å². The highest BCUT2D eigenvalue weighted by molar-refractivity contribution is 5.64. The van der Waals surface area contributed by atoms with Gasteiger partial charge in [-0.3, -0.25) is 19.2 Å². The molecule has 5 heterocycles. The lowest BCUT2D eigenvalue weighted by atomic mass is 10.1. The second-order valence-electron chi connectivity index (χ2n) is 7.37. The molecule has 0 atom stereocenters. The van der Waals surface area contributed by atoms with Crippen LogP contribution in [0.4, 0.5) is 5.95 Å². The van der Waals surface area contributed by atoms with Crippen LogP contribution in [0.15, 0.2) is 60.0 Å². The van der Waals surface area contributed by atoms with Crippen LogP contribution in [-0.2, 0) is 6.54 Å². The van der Waals surface area contributed by atoms with Crippen molar-refractivity contribution < 1.29 is 0 Å². The molecular formula is C22H19N9O. The Hall–Kier alpha value is -4.47. The summed E-state index contributed by atoms with van der Waals surface area (Å²) in [6.07, 6.45) is 6.74. The Balaban J connectivity index is 1.36. The molecule has 5 aromatic heterocycles. The summed E-state index contributed by atoms with van der Waals surface area (Å²) in [6.45, 7) is 4.53. The molecule has 0 bridgehead atoms. The van der Waals surface area contributed by atoms with E-state index in [1.165, 1.54) is 6.20 Å². The van der Waals surface area contributed by atoms with Gasteiger partial charge in [-0.05, 0) is 43.2 Å². The topological polar surface area (TPSA) is 127 Å². The van der Waals surface area contributed by atoms with Gasteiger partial charge in [-0.15, -0.1) is 10.2 Å². The summed E-state index contributed by atoms with van der Waals surface area (Å²) in [6, 6.07) is 9.40. The largest absolute Gasteiger partial charge is 0.350 e. The van der Waals surface area contributed by atoms with E-state index in [0.717, 1.165) is 28.1 Å². The summed E-state index contributed by atoms with van der Waals surface area (Å²) in [7, 11) is 0. The minimum absolute atomic E-state index is 0.310. The average Bonchev–Trinajstić information content (AvgIpc) is 3.20. The number of hydrogen-bond donors (Lipinski definition) is 2. The van der Waals surface area contributed by atoms with Crippen LogP contribution in [0, 0.1) is 13.8 Å². The van der Waals surface area contributed by atoms with Gasteiger partial charge in [0.05, 0.1) is 17.0 Å². The van der Waals surface area contributed by atoms with Gasteiger partial charge >= 0.3 is 0 Å². The monoisotopic (exact) mass is 425 g/mol. The smallest absolute Gasteiger partial charge is 0.273 e. The van der Waals surface area contributed by atoms with Crippen molar-refractivity contribution in [1.82, 2.24) is 39.7 Å². The summed E-state index contributed by atoms with van der Waals surface area (Å²) in [5.41, 5.74) is 6.23. The lowest BCUT2D eigenvalue weighted by Crippen LogP contribution is -2.10. The number of H-pyrrole nitrogens is 1. The fourth-order valence-electron chi connectivity index (χ4n) is 3.51. The first-order chi connectivity index (χ1) is 15.6. The molecule has 0 aliphatic rings. The molecule has 2 N–H and O–H groups in total. The van der Waals surface area contributed by atoms with E-state index in [2.05, 4.69) is 46.7 Å². The fraction of sp³-hybridized carbons (Fsp3) is 0.136. The van der Waals surface area contributed by atoms with Gasteiger partial charge in [0.2, 0.25) is 5.95 Å². The zero-order chi connectivity index (χ0) is 22.1. The van der Waals surface area contributed by atoms with Crippen LogP contribution in [0.3, 0.4) is 0 Å². The number of nitrogens with one attached hydrogen (secondary N) is 2. The van der Waals surface area contributed by atoms with Gasteiger partial charge in [0.25, 0.3) is 5.56 Å². The molecule has 5 rings (SSSR count). The lowest BCUT2D eigenvalue weighted by Gasteiger charge is -2.09. The van der Waals surface area contributed by atoms with Gasteiger partial charge in [-0.2, -0.15) is 5.10 Å². The Kier molecular flexibility index (Phi) is 4.86. The van der Waals surface area contributed by atoms with Crippen LogP contribution < -0.4 is 10.9 Å². The van der Waals surface area contributed by atoms with E-state index in [0.29, 0.717) is 29.4 Å². The zero-order valence-electron chi connectivity index (χ0n) is 17.4. The number of hydrogen-bond acceptors (Lipinski definition) is 8. The van der Waals surface area contributed by atoms with Crippen molar-refractivity contribution in [3.63, 3.8) is 0 Å². The van der Waals surface area contributed by atoms with Gasteiger partial charge in [0, 0.05) is 42.5 Å². The molecule has 0 aliphatic carbocycles. The summed E-state index contributed by atoms with van der Waals surface area (Å²) >= 11 is 0. The van der Waals surface area contributed by atoms with Crippen molar-refractivity contribution in [3.8, 4) is 22.5 Å². The minimum Gasteiger partial charge on any atom is -0.350 e. The van der Waals surface area contributed by atoms with E-state index in [1.54, 1.807) is 29.1 Å². The maximum atomic E-state index is 12.0. The van der Waals surface area contributed by atoms with E-state index < -0.39 is 0 Å². The molecule has 10 heteroatoms. The summed E-state index contributed by atoms with van der Waals surface area (Å²) < 4.78 is 1.73. The van der Waals surface area contributed by atoms with Gasteiger partial charge in [0.15, 0.2) is 5.65 Å². The molecule has 0 saturated heterocycles. The second kappa shape index (κ2) is 7.99. The van der Waals surface area contributed by atoms with Crippen molar-refractivity contribution in [3.05, 3.63) is 82.4 Å². The molecule has 0 aromatic carbocycles. The first-order valence-corrected chi connectivity index (χ1v) is 9.96. The number of fused-ring (bicyclic) bond motifs is 1. The summed E-state index contributed by atoms with van der Waals surface area (Å²) in [4.78, 5) is 25.2. The van der Waals surface area contributed by atoms with Crippen LogP contribution in [0.5, 0.6) is 0 Å². The molecular weight excluding hydrogens is 406 g/mol. The van der Waals surface area contributed by atoms with E-state index in [1.807, 2.05) is 32.2 Å². The molecule has 10 nitrogen and oxygen atoms in total. The Morgan fingerprint density at radius 1 is 1.03 bits per heavy atom. The Bertz CT molecular complexity index is 1490. The first kappa shape index (κ1) is 19.5. The number of rotatable bonds is 5. The molecule has 5 aromatic rings. The maximum Gasteiger partial charge on any atom is 0.273 e. The standard InChI is InChI=1S/C22H19N9O/c1-13-7-15(10-24-20(13)16-3-5-23-14(2)8-16)11-25-22-30-28-19-9-18(26-12-31(19)22)17-4-6-27-29-21(17)32/h3-10,12H,11H2,1-2H3,(H,25,30)(H,29,32). The molecule has 0 radical (unpaired) electrons. The molecule has 0 spiro atoms. The number of aromatic amines is 1. The molecule has 0 fully saturated rings. The van der Waals surface area contributed by atoms with Gasteiger partial charge in [-0.25, -0.2) is 10.1 Å². The normalized spacial score (nSPS) is 11.1. The van der Waals surface area contributed by atoms with Gasteiger partial charge in [0.1, 0.15) is 6.33 Å². The quantitative estimate of drug-likeness (QED) is 0.440. The molecule has 0 amide bonds. The van der Waals surface area contributed by atoms with Crippen LogP contribution in [-0.4, -0.2) is 39.7 Å². The predicted molar refractivity (Wildman–Crippen MR) is 119 cm³/mol. The van der Waals surface area contributed by atoms with Gasteiger partial charge < -0.3 is 5.32 Å². The number of aromatic nitrogens is 8. The highest BCUT2D eigenvalue weighted by Crippen LogP contribution is 2.22. The van der Waals surface area contributed by atoms with Crippen molar-refractivity contribution in [2.24, 2.45) is 0 Å². The lowest BCUT2D eigenvalue weighted by molar-refractivity contribution is 0.982. The average molecular weight is 425 g/mol. The maximum absolute atomic E-state index is 12.0. The number of aryl methyl sites for hydroxylation is 2. The van der Waals surface area contributed by atoms with Crippen LogP contribution >= 0.6 is 0 Å². The highest BCUT2D eigenvalue weighted by Gasteiger charge is 2.11. The van der Waals surface area contributed by atoms with Gasteiger partial charge in [-0.1, -0.05) is 6.07 Å². The number of nitrogens with zero attached hydrogens (tertiary/aromatic N) is 7. The zero-order valence-corrected chi connectivity index (χ0v) is 17.4. The van der Waals surface area contributed by atoms with Crippen LogP contribution in [0.2, 0.25) is 0 Å². The molecule has 32 heavy (non-hydrogen) atoms. The van der Waals surface area contributed by atoms with Crippen LogP contribution in [0.25, 0.3) is 28.2 Å². The van der Waals surface area contributed by atoms with Crippen LogP contribution in [0.1, 0.15) is 16.8 Å².